The highest BCUT2D eigenvalue weighted by Gasteiger charge is 2.34. The van der Waals surface area contributed by atoms with E-state index in [2.05, 4.69) is 10.6 Å². The van der Waals surface area contributed by atoms with Gasteiger partial charge < -0.3 is 10.1 Å². The topological polar surface area (TPSA) is 102 Å². The predicted octanol–water partition coefficient (Wildman–Crippen LogP) is 2.48. The lowest BCUT2D eigenvalue weighted by Gasteiger charge is -2.12. The Morgan fingerprint density at radius 1 is 1.28 bits per heavy atom. The first-order chi connectivity index (χ1) is 12.0. The molecule has 1 fully saturated rings. The van der Waals surface area contributed by atoms with Crippen molar-refractivity contribution >= 4 is 51.1 Å². The van der Waals surface area contributed by atoms with Gasteiger partial charge in [-0.1, -0.05) is 11.8 Å². The van der Waals surface area contributed by atoms with Gasteiger partial charge in [0.25, 0.3) is 5.24 Å². The molecule has 134 valence electrons. The number of carbonyl (C=O) groups excluding carboxylic acids is 4. The van der Waals surface area contributed by atoms with E-state index in [4.69, 9.17) is 4.74 Å². The summed E-state index contributed by atoms with van der Waals surface area (Å²) < 4.78 is 5.14. The van der Waals surface area contributed by atoms with Gasteiger partial charge in [-0.15, -0.1) is 11.3 Å². The minimum Gasteiger partial charge on any atom is -0.462 e. The molecule has 0 bridgehead atoms. The molecule has 1 aliphatic heterocycles. The van der Waals surface area contributed by atoms with E-state index in [0.717, 1.165) is 47.9 Å². The van der Waals surface area contributed by atoms with Crippen molar-refractivity contribution in [2.24, 2.45) is 0 Å². The quantitative estimate of drug-likeness (QED) is 0.759. The van der Waals surface area contributed by atoms with E-state index >= 15 is 0 Å². The molecule has 2 N–H and O–H groups in total. The molecule has 3 amide bonds. The van der Waals surface area contributed by atoms with Crippen molar-refractivity contribution < 1.29 is 23.9 Å². The number of aryl methyl sites for hydroxylation is 1. The molecule has 1 aromatic rings. The van der Waals surface area contributed by atoms with Crippen molar-refractivity contribution in [2.45, 2.75) is 44.3 Å². The van der Waals surface area contributed by atoms with Crippen LogP contribution in [0.25, 0.3) is 0 Å². The highest BCUT2D eigenvalue weighted by Crippen LogP contribution is 2.38. The number of hydrogen-bond donors (Lipinski definition) is 2. The van der Waals surface area contributed by atoms with Crippen LogP contribution in [-0.4, -0.2) is 34.9 Å². The van der Waals surface area contributed by atoms with E-state index in [1.807, 2.05) is 0 Å². The number of nitrogens with one attached hydrogen (secondary N) is 2. The lowest BCUT2D eigenvalue weighted by Crippen LogP contribution is -2.27. The molecule has 2 aliphatic rings. The van der Waals surface area contributed by atoms with Crippen molar-refractivity contribution in [1.82, 2.24) is 5.32 Å². The number of thioether (sulfide) groups is 1. The van der Waals surface area contributed by atoms with Crippen LogP contribution in [0.2, 0.25) is 0 Å². The normalized spacial score (nSPS) is 19.3. The summed E-state index contributed by atoms with van der Waals surface area (Å²) in [6.45, 7) is 2.00. The molecule has 0 saturated carbocycles. The molecule has 0 radical (unpaired) electrons. The number of ether oxygens (including phenoxy) is 1. The fourth-order valence-electron chi connectivity index (χ4n) is 2.95. The molecule has 9 heteroatoms. The van der Waals surface area contributed by atoms with E-state index < -0.39 is 28.3 Å². The second-order valence-electron chi connectivity index (χ2n) is 5.77. The van der Waals surface area contributed by atoms with Crippen molar-refractivity contribution in [3.05, 3.63) is 16.0 Å². The number of imide groups is 1. The number of anilines is 1. The van der Waals surface area contributed by atoms with Gasteiger partial charge >= 0.3 is 5.97 Å². The first-order valence-electron chi connectivity index (χ1n) is 8.12. The minimum atomic E-state index is -0.729. The standard InChI is InChI=1S/C16H18N2O5S2/c1-2-23-15(21)12-8-5-3-4-6-9(8)24-14(12)17-11(19)7-10-13(20)18-16(22)25-10/h10H,2-7H2,1H3,(H,17,19)(H,18,20,22)/t10-/m0/s1. The highest BCUT2D eigenvalue weighted by molar-refractivity contribution is 8.15. The Morgan fingerprint density at radius 3 is 2.72 bits per heavy atom. The largest absolute Gasteiger partial charge is 0.462 e. The van der Waals surface area contributed by atoms with Crippen LogP contribution in [0.4, 0.5) is 9.80 Å². The summed E-state index contributed by atoms with van der Waals surface area (Å²) in [4.78, 5) is 48.5. The molecule has 25 heavy (non-hydrogen) atoms. The number of amides is 3. The number of carbonyl (C=O) groups is 4. The van der Waals surface area contributed by atoms with E-state index in [0.29, 0.717) is 10.6 Å². The van der Waals surface area contributed by atoms with Gasteiger partial charge in [0.05, 0.1) is 12.2 Å². The first kappa shape index (κ1) is 17.9. The number of hydrogen-bond acceptors (Lipinski definition) is 7. The molecule has 0 aromatic carbocycles. The Balaban J connectivity index is 1.78. The van der Waals surface area contributed by atoms with Crippen LogP contribution in [0, 0.1) is 0 Å². The summed E-state index contributed by atoms with van der Waals surface area (Å²) in [5, 5.41) is 4.20. The molecule has 1 atom stereocenters. The second kappa shape index (κ2) is 7.57. The fraction of sp³-hybridized carbons (Fsp3) is 0.500. The van der Waals surface area contributed by atoms with Crippen LogP contribution < -0.4 is 10.6 Å². The number of rotatable bonds is 5. The van der Waals surface area contributed by atoms with E-state index in [1.54, 1.807) is 6.92 Å². The second-order valence-corrected chi connectivity index (χ2v) is 8.05. The van der Waals surface area contributed by atoms with Crippen LogP contribution in [0.1, 0.15) is 47.0 Å². The average molecular weight is 382 g/mol. The first-order valence-corrected chi connectivity index (χ1v) is 9.82. The maximum atomic E-state index is 12.3. The highest BCUT2D eigenvalue weighted by atomic mass is 32.2. The van der Waals surface area contributed by atoms with Gasteiger partial charge in [-0.2, -0.15) is 0 Å². The van der Waals surface area contributed by atoms with Crippen LogP contribution >= 0.6 is 23.1 Å². The Labute approximate surface area is 152 Å². The van der Waals surface area contributed by atoms with Crippen molar-refractivity contribution in [3.8, 4) is 0 Å². The van der Waals surface area contributed by atoms with Crippen LogP contribution in [0.5, 0.6) is 0 Å². The van der Waals surface area contributed by atoms with Gasteiger partial charge in [0.15, 0.2) is 0 Å². The van der Waals surface area contributed by atoms with Crippen molar-refractivity contribution in [2.75, 3.05) is 11.9 Å². The summed E-state index contributed by atoms with van der Waals surface area (Å²) >= 11 is 2.21. The van der Waals surface area contributed by atoms with Gasteiger partial charge in [0, 0.05) is 11.3 Å². The van der Waals surface area contributed by atoms with Crippen LogP contribution in [0.3, 0.4) is 0 Å². The monoisotopic (exact) mass is 382 g/mol. The molecule has 3 rings (SSSR count). The molecule has 1 aliphatic carbocycles. The van der Waals surface area contributed by atoms with Gasteiger partial charge in [0.2, 0.25) is 11.8 Å². The van der Waals surface area contributed by atoms with Crippen molar-refractivity contribution in [3.63, 3.8) is 0 Å². The third-order valence-corrected chi connectivity index (χ3v) is 6.23. The lowest BCUT2D eigenvalue weighted by atomic mass is 9.95. The zero-order chi connectivity index (χ0) is 18.0. The molecule has 0 unspecified atom stereocenters. The van der Waals surface area contributed by atoms with Crippen LogP contribution in [-0.2, 0) is 27.2 Å². The summed E-state index contributed by atoms with van der Waals surface area (Å²) in [6, 6.07) is 0. The number of thiophene rings is 1. The van der Waals surface area contributed by atoms with Gasteiger partial charge in [0.1, 0.15) is 10.3 Å². The van der Waals surface area contributed by atoms with Gasteiger partial charge in [-0.05, 0) is 38.2 Å². The molecular weight excluding hydrogens is 364 g/mol. The van der Waals surface area contributed by atoms with Gasteiger partial charge in [-0.25, -0.2) is 4.79 Å². The minimum absolute atomic E-state index is 0.118. The third kappa shape index (κ3) is 3.87. The van der Waals surface area contributed by atoms with Gasteiger partial charge in [-0.3, -0.25) is 19.7 Å². The molecule has 1 aromatic heterocycles. The zero-order valence-electron chi connectivity index (χ0n) is 13.7. The third-order valence-electron chi connectivity index (χ3n) is 4.04. The summed E-state index contributed by atoms with van der Waals surface area (Å²) in [7, 11) is 0. The Morgan fingerprint density at radius 2 is 2.04 bits per heavy atom. The molecule has 0 spiro atoms. The number of esters is 1. The zero-order valence-corrected chi connectivity index (χ0v) is 15.3. The molecule has 2 heterocycles. The fourth-order valence-corrected chi connectivity index (χ4v) is 5.06. The maximum absolute atomic E-state index is 12.3. The molecular formula is C16H18N2O5S2. The van der Waals surface area contributed by atoms with E-state index in [1.165, 1.54) is 11.3 Å². The van der Waals surface area contributed by atoms with Crippen LogP contribution in [0.15, 0.2) is 0 Å². The number of fused-ring (bicyclic) bond motifs is 1. The Kier molecular flexibility index (Phi) is 5.43. The summed E-state index contributed by atoms with van der Waals surface area (Å²) in [6.07, 6.45) is 3.63. The summed E-state index contributed by atoms with van der Waals surface area (Å²) in [5.41, 5.74) is 1.41. The summed E-state index contributed by atoms with van der Waals surface area (Å²) in [5.74, 6) is -1.28. The average Bonchev–Trinajstić information content (AvgIpc) is 3.06. The Hall–Kier alpha value is -1.87. The Bertz CT molecular complexity index is 743. The van der Waals surface area contributed by atoms with E-state index in [-0.39, 0.29) is 13.0 Å². The maximum Gasteiger partial charge on any atom is 0.341 e. The lowest BCUT2D eigenvalue weighted by molar-refractivity contribution is -0.122. The predicted molar refractivity (Wildman–Crippen MR) is 95.1 cm³/mol. The SMILES string of the molecule is CCOC(=O)c1c(NC(=O)C[C@@H]2SC(=O)NC2=O)sc2c1CCCC2. The smallest absolute Gasteiger partial charge is 0.341 e. The van der Waals surface area contributed by atoms with Crippen molar-refractivity contribution in [1.29, 1.82) is 0 Å². The molecule has 1 saturated heterocycles. The van der Waals surface area contributed by atoms with E-state index in [9.17, 15) is 19.2 Å². The molecule has 7 nitrogen and oxygen atoms in total.